The van der Waals surface area contributed by atoms with Crippen LogP contribution in [0.15, 0.2) is 36.4 Å². The van der Waals surface area contributed by atoms with Gasteiger partial charge in [-0.25, -0.2) is 0 Å². The van der Waals surface area contributed by atoms with Crippen LogP contribution < -0.4 is 18.9 Å². The van der Waals surface area contributed by atoms with E-state index in [-0.39, 0.29) is 0 Å². The Kier molecular flexibility index (Phi) is 54.1. The first-order valence-electron chi connectivity index (χ1n) is 39.3. The summed E-state index contributed by atoms with van der Waals surface area (Å²) in [6.07, 6.45) is 81.8. The van der Waals surface area contributed by atoms with Gasteiger partial charge in [-0.2, -0.15) is 0 Å². The topological polar surface area (TPSA) is 36.9 Å². The molecular weight excluding hydrogens is 1050 g/mol. The molecular formula is C82H146O4. The summed E-state index contributed by atoms with van der Waals surface area (Å²) in [5.41, 5.74) is 0. The van der Waals surface area contributed by atoms with Gasteiger partial charge in [0.2, 0.25) is 0 Å². The Labute approximate surface area is 536 Å². The number of ether oxygens (including phenoxy) is 4. The van der Waals surface area contributed by atoms with Gasteiger partial charge in [0, 0.05) is 10.8 Å². The summed E-state index contributed by atoms with van der Waals surface area (Å²) in [6.45, 7) is 12.1. The molecule has 0 fully saturated rings. The highest BCUT2D eigenvalue weighted by Gasteiger charge is 2.24. The van der Waals surface area contributed by atoms with Gasteiger partial charge in [0.25, 0.3) is 0 Å². The van der Waals surface area contributed by atoms with E-state index in [0.29, 0.717) is 26.4 Å². The molecule has 498 valence electrons. The SMILES string of the molecule is CCCCCCCCCCCCCCCCCOc1ccc(OCCCCCCCCCCCCCCCCC)c2c(OCCCCCCCCCCCCCCCCC)c3ccccc3c(OCCCCCCCCCCCCCCCCC)c12. The molecule has 86 heavy (non-hydrogen) atoms. The third kappa shape index (κ3) is 40.9. The Bertz CT molecular complexity index is 1750. The number of hydrogen-bond acceptors (Lipinski definition) is 4. The molecule has 0 aliphatic rings. The average molecular weight is 1200 g/mol. The molecule has 0 amide bonds. The molecule has 0 aliphatic heterocycles. The molecule has 3 rings (SSSR count). The van der Waals surface area contributed by atoms with Gasteiger partial charge >= 0.3 is 0 Å². The fourth-order valence-electron chi connectivity index (χ4n) is 13.3. The monoisotopic (exact) mass is 1200 g/mol. The maximum absolute atomic E-state index is 7.11. The van der Waals surface area contributed by atoms with Gasteiger partial charge in [-0.15, -0.1) is 0 Å². The fourth-order valence-corrected chi connectivity index (χ4v) is 13.3. The lowest BCUT2D eigenvalue weighted by Gasteiger charge is -2.22. The van der Waals surface area contributed by atoms with Gasteiger partial charge < -0.3 is 18.9 Å². The van der Waals surface area contributed by atoms with Gasteiger partial charge in [0.15, 0.2) is 0 Å². The molecule has 0 atom stereocenters. The van der Waals surface area contributed by atoms with E-state index in [1.54, 1.807) is 0 Å². The number of unbranched alkanes of at least 4 members (excludes halogenated alkanes) is 56. The maximum Gasteiger partial charge on any atom is 0.139 e. The highest BCUT2D eigenvalue weighted by atomic mass is 16.5. The van der Waals surface area contributed by atoms with Crippen molar-refractivity contribution in [2.45, 2.75) is 413 Å². The molecule has 0 heterocycles. The van der Waals surface area contributed by atoms with Gasteiger partial charge in [-0.1, -0.05) is 412 Å². The zero-order valence-electron chi connectivity index (χ0n) is 58.4. The molecule has 0 spiro atoms. The lowest BCUT2D eigenvalue weighted by Crippen LogP contribution is -2.06. The largest absolute Gasteiger partial charge is 0.493 e. The Morgan fingerprint density at radius 2 is 0.349 bits per heavy atom. The molecule has 0 bridgehead atoms. The molecule has 0 N–H and O–H groups in total. The minimum Gasteiger partial charge on any atom is -0.493 e. The van der Waals surface area contributed by atoms with Crippen LogP contribution in [0.3, 0.4) is 0 Å². The third-order valence-electron chi connectivity index (χ3n) is 19.0. The molecule has 4 nitrogen and oxygen atoms in total. The van der Waals surface area contributed by atoms with Crippen LogP contribution in [0.5, 0.6) is 23.0 Å². The van der Waals surface area contributed by atoms with E-state index in [2.05, 4.69) is 64.1 Å². The zero-order valence-corrected chi connectivity index (χ0v) is 58.4. The van der Waals surface area contributed by atoms with Gasteiger partial charge in [0.05, 0.1) is 37.2 Å². The predicted molar refractivity (Wildman–Crippen MR) is 383 cm³/mol. The van der Waals surface area contributed by atoms with Crippen molar-refractivity contribution < 1.29 is 18.9 Å². The number of hydrogen-bond donors (Lipinski definition) is 0. The van der Waals surface area contributed by atoms with Crippen molar-refractivity contribution in [1.29, 1.82) is 0 Å². The predicted octanol–water partition coefficient (Wildman–Crippen LogP) is 29.0. The highest BCUT2D eigenvalue weighted by molar-refractivity contribution is 6.15. The molecule has 0 saturated carbocycles. The van der Waals surface area contributed by atoms with Crippen molar-refractivity contribution in [3.05, 3.63) is 36.4 Å². The van der Waals surface area contributed by atoms with Gasteiger partial charge in [-0.3, -0.25) is 0 Å². The second-order valence-corrected chi connectivity index (χ2v) is 27.2. The molecule has 0 saturated heterocycles. The molecule has 3 aromatic carbocycles. The van der Waals surface area contributed by atoms with Crippen LogP contribution in [0.2, 0.25) is 0 Å². The Morgan fingerprint density at radius 1 is 0.186 bits per heavy atom. The standard InChI is InChI=1S/C82H146O4/c1-5-9-13-17-21-25-29-33-37-41-45-49-53-57-63-71-83-77-69-70-78(84-72-64-58-54-50-46-42-38-34-30-26-22-18-14-10-6-2)80-79(77)81(85-73-65-59-55-51-47-43-39-35-31-27-23-19-15-11-7-3)75-67-61-62-68-76(75)82(80)86-74-66-60-56-52-48-44-40-36-32-28-24-20-16-12-8-4/h61-62,67-70H,5-60,63-66,71-74H2,1-4H3. The molecule has 3 aromatic rings. The van der Waals surface area contributed by atoms with Crippen LogP contribution in [0.25, 0.3) is 21.5 Å². The summed E-state index contributed by atoms with van der Waals surface area (Å²) in [5, 5.41) is 4.35. The van der Waals surface area contributed by atoms with Crippen molar-refractivity contribution in [3.8, 4) is 23.0 Å². The van der Waals surface area contributed by atoms with E-state index in [1.165, 1.54) is 360 Å². The maximum atomic E-state index is 7.11. The van der Waals surface area contributed by atoms with Crippen LogP contribution >= 0.6 is 0 Å². The third-order valence-corrected chi connectivity index (χ3v) is 19.0. The Hall–Kier alpha value is -2.62. The molecule has 0 aliphatic carbocycles. The van der Waals surface area contributed by atoms with Gasteiger partial charge in [0.1, 0.15) is 23.0 Å². The first kappa shape index (κ1) is 77.6. The minimum absolute atomic E-state index is 0.708. The van der Waals surface area contributed by atoms with Crippen molar-refractivity contribution in [2.75, 3.05) is 26.4 Å². The normalized spacial score (nSPS) is 11.7. The van der Waals surface area contributed by atoms with E-state index >= 15 is 0 Å². The summed E-state index contributed by atoms with van der Waals surface area (Å²) < 4.78 is 28.1. The minimum atomic E-state index is 0.708. The molecule has 4 heteroatoms. The lowest BCUT2D eigenvalue weighted by molar-refractivity contribution is 0.290. The number of rotatable bonds is 68. The van der Waals surface area contributed by atoms with Crippen molar-refractivity contribution >= 4 is 21.5 Å². The van der Waals surface area contributed by atoms with Crippen molar-refractivity contribution in [1.82, 2.24) is 0 Å². The van der Waals surface area contributed by atoms with Crippen LogP contribution in [0.4, 0.5) is 0 Å². The quantitative estimate of drug-likeness (QED) is 0.0417. The van der Waals surface area contributed by atoms with E-state index in [1.807, 2.05) is 0 Å². The summed E-state index contributed by atoms with van der Waals surface area (Å²) in [4.78, 5) is 0. The van der Waals surface area contributed by atoms with E-state index in [9.17, 15) is 0 Å². The molecule has 0 aromatic heterocycles. The Balaban J connectivity index is 1.68. The first-order chi connectivity index (χ1) is 42.8. The lowest BCUT2D eigenvalue weighted by atomic mass is 9.98. The second kappa shape index (κ2) is 60.0. The second-order valence-electron chi connectivity index (χ2n) is 27.2. The van der Waals surface area contributed by atoms with Crippen LogP contribution in [-0.4, -0.2) is 26.4 Å². The average Bonchev–Trinajstić information content (AvgIpc) is 0.923. The van der Waals surface area contributed by atoms with Crippen LogP contribution in [0, 0.1) is 0 Å². The fraction of sp³-hybridized carbons (Fsp3) is 0.829. The van der Waals surface area contributed by atoms with Crippen LogP contribution in [-0.2, 0) is 0 Å². The van der Waals surface area contributed by atoms with E-state index in [0.717, 1.165) is 70.2 Å². The first-order valence-corrected chi connectivity index (χ1v) is 39.3. The van der Waals surface area contributed by atoms with Crippen molar-refractivity contribution in [2.24, 2.45) is 0 Å². The van der Waals surface area contributed by atoms with Crippen molar-refractivity contribution in [3.63, 3.8) is 0 Å². The van der Waals surface area contributed by atoms with Crippen LogP contribution in [0.1, 0.15) is 413 Å². The summed E-state index contributed by atoms with van der Waals surface area (Å²) in [6, 6.07) is 13.3. The Morgan fingerprint density at radius 3 is 0.535 bits per heavy atom. The number of fused-ring (bicyclic) bond motifs is 2. The molecule has 0 unspecified atom stereocenters. The molecule has 0 radical (unpaired) electrons. The van der Waals surface area contributed by atoms with Gasteiger partial charge in [-0.05, 0) is 37.8 Å². The van der Waals surface area contributed by atoms with E-state index < -0.39 is 0 Å². The summed E-state index contributed by atoms with van der Waals surface area (Å²) in [7, 11) is 0. The smallest absolute Gasteiger partial charge is 0.139 e. The highest BCUT2D eigenvalue weighted by Crippen LogP contribution is 2.50. The van der Waals surface area contributed by atoms with E-state index in [4.69, 9.17) is 18.9 Å². The summed E-state index contributed by atoms with van der Waals surface area (Å²) in [5.74, 6) is 3.73. The summed E-state index contributed by atoms with van der Waals surface area (Å²) >= 11 is 0. The number of benzene rings is 3. The zero-order chi connectivity index (χ0) is 60.9.